The van der Waals surface area contributed by atoms with Crippen molar-refractivity contribution >= 4 is 11.9 Å². The van der Waals surface area contributed by atoms with Gasteiger partial charge in [0.05, 0.1) is 0 Å². The molecule has 0 bridgehead atoms. The van der Waals surface area contributed by atoms with Crippen LogP contribution in [0, 0.1) is 0 Å². The molecule has 12 heavy (non-hydrogen) atoms. The monoisotopic (exact) mass is 236 g/mol. The third-order valence-electron chi connectivity index (χ3n) is 0.183. The molecule has 0 aliphatic carbocycles. The average molecular weight is 236 g/mol. The fraction of sp³-hybridized carbons (Fsp3) is 0. The molecule has 0 saturated heterocycles. The maximum absolute atomic E-state index is 9.10. The predicted molar refractivity (Wildman–Crippen MR) is 33.3 cm³/mol. The second-order valence-corrected chi connectivity index (χ2v) is 0.610. The zero-order chi connectivity index (χ0) is 5.15. The normalized spacial score (nSPS) is 3.67. The summed E-state index contributed by atoms with van der Waals surface area (Å²) in [5.74, 6) is -3.65. The van der Waals surface area contributed by atoms with Crippen molar-refractivity contribution in [3.63, 3.8) is 0 Å². The van der Waals surface area contributed by atoms with Gasteiger partial charge in [-0.2, -0.15) is 0 Å². The number of hydrogen-bond acceptors (Lipinski definition) is 2. The summed E-state index contributed by atoms with van der Waals surface area (Å²) in [5.41, 5.74) is 0. The summed E-state index contributed by atoms with van der Waals surface area (Å²) in [6.45, 7) is 0. The van der Waals surface area contributed by atoms with Gasteiger partial charge in [-0.05, 0) is 0 Å². The smallest absolute Gasteiger partial charge is 0.414 e. The molecule has 9 nitrogen and oxygen atoms in total. The van der Waals surface area contributed by atoms with Gasteiger partial charge in [-0.25, -0.2) is 9.59 Å². The predicted octanol–water partition coefficient (Wildman–Crippen LogP) is -4.97. The van der Waals surface area contributed by atoms with Crippen molar-refractivity contribution in [1.29, 1.82) is 0 Å². The van der Waals surface area contributed by atoms with E-state index in [1.807, 2.05) is 0 Å². The van der Waals surface area contributed by atoms with Crippen LogP contribution in [0.2, 0.25) is 0 Å². The Balaban J connectivity index is -0.00000000833. The first kappa shape index (κ1) is 65.3. The van der Waals surface area contributed by atoms with Crippen LogP contribution in [0.1, 0.15) is 0 Å². The van der Waals surface area contributed by atoms with E-state index in [-0.39, 0.29) is 44.4 Å². The van der Waals surface area contributed by atoms with E-state index < -0.39 is 11.9 Å². The first-order chi connectivity index (χ1) is 2.64. The first-order valence-corrected chi connectivity index (χ1v) is 1.11. The van der Waals surface area contributed by atoms with Gasteiger partial charge in [0.25, 0.3) is 0 Å². The van der Waals surface area contributed by atoms with E-state index in [2.05, 4.69) is 0 Å². The number of hydrogen-bond donors (Lipinski definition) is 2. The van der Waals surface area contributed by atoms with Crippen molar-refractivity contribution in [2.24, 2.45) is 0 Å². The van der Waals surface area contributed by atoms with E-state index >= 15 is 0 Å². The van der Waals surface area contributed by atoms with Crippen LogP contribution in [0.5, 0.6) is 0 Å². The molecule has 0 radical (unpaired) electrons. The largest absolute Gasteiger partial charge is 0.473 e. The number of rotatable bonds is 0. The summed E-state index contributed by atoms with van der Waals surface area (Å²) in [4.78, 5) is 18.2. The summed E-state index contributed by atoms with van der Waals surface area (Å²) in [5, 5.41) is 14.8. The van der Waals surface area contributed by atoms with Gasteiger partial charge in [-0.15, -0.1) is 0 Å². The fourth-order valence-electron chi connectivity index (χ4n) is 0. The molecule has 0 atom stereocenters. The van der Waals surface area contributed by atoms with Crippen molar-refractivity contribution in [3.05, 3.63) is 0 Å². The summed E-state index contributed by atoms with van der Waals surface area (Å²) in [7, 11) is 0. The molecule has 82 valence electrons. The summed E-state index contributed by atoms with van der Waals surface area (Å²) in [6, 6.07) is 0. The van der Waals surface area contributed by atoms with Gasteiger partial charge in [-0.1, -0.05) is 0 Å². The SMILES string of the molecule is O.O.O.O.O.O=C(O)C(=O)O.[Fe]. The maximum Gasteiger partial charge on any atom is 0.414 e. The Hall–Kier alpha value is -0.741. The first-order valence-electron chi connectivity index (χ1n) is 1.11. The average Bonchev–Trinajstić information content (AvgIpc) is 1.36. The van der Waals surface area contributed by atoms with Crippen molar-refractivity contribution in [1.82, 2.24) is 0 Å². The quantitative estimate of drug-likeness (QED) is 0.310. The van der Waals surface area contributed by atoms with Gasteiger partial charge < -0.3 is 37.6 Å². The van der Waals surface area contributed by atoms with Gasteiger partial charge in [0, 0.05) is 17.1 Å². The standard InChI is InChI=1S/C2H2O4.Fe.5H2O/c3-1(4)2(5)6;;;;;;/h(H,3,4)(H,5,6);;5*1H2. The zero-order valence-corrected chi connectivity index (χ0v) is 6.67. The summed E-state index contributed by atoms with van der Waals surface area (Å²) >= 11 is 0. The molecule has 0 aliphatic rings. The Morgan fingerprint density at radius 2 is 0.750 bits per heavy atom. The molecule has 0 aliphatic heterocycles. The van der Waals surface area contributed by atoms with E-state index in [0.717, 1.165) is 0 Å². The van der Waals surface area contributed by atoms with Gasteiger partial charge in [-0.3, -0.25) is 0 Å². The van der Waals surface area contributed by atoms with Crippen molar-refractivity contribution in [3.8, 4) is 0 Å². The zero-order valence-electron chi connectivity index (χ0n) is 5.56. The Bertz CT molecular complexity index is 78.5. The van der Waals surface area contributed by atoms with Crippen molar-refractivity contribution in [2.75, 3.05) is 0 Å². The Morgan fingerprint density at radius 3 is 0.750 bits per heavy atom. The molecule has 0 aromatic carbocycles. The van der Waals surface area contributed by atoms with Crippen LogP contribution in [0.15, 0.2) is 0 Å². The summed E-state index contributed by atoms with van der Waals surface area (Å²) in [6.07, 6.45) is 0. The molecule has 0 saturated carbocycles. The third kappa shape index (κ3) is 59.5. The second-order valence-electron chi connectivity index (χ2n) is 0.610. The minimum Gasteiger partial charge on any atom is -0.473 e. The van der Waals surface area contributed by atoms with Gasteiger partial charge in [0.2, 0.25) is 0 Å². The van der Waals surface area contributed by atoms with E-state index in [9.17, 15) is 0 Å². The van der Waals surface area contributed by atoms with Crippen LogP contribution in [-0.4, -0.2) is 49.5 Å². The number of carboxylic acid groups (broad SMARTS) is 2. The molecular formula is C2H12FeO9. The Morgan fingerprint density at radius 1 is 0.667 bits per heavy atom. The molecular weight excluding hydrogens is 224 g/mol. The van der Waals surface area contributed by atoms with Crippen LogP contribution in [-0.2, 0) is 26.7 Å². The minimum absolute atomic E-state index is 0. The van der Waals surface area contributed by atoms with Gasteiger partial charge >= 0.3 is 11.9 Å². The molecule has 0 unspecified atom stereocenters. The van der Waals surface area contributed by atoms with Crippen LogP contribution in [0.3, 0.4) is 0 Å². The minimum atomic E-state index is -1.82. The molecule has 0 aromatic heterocycles. The molecule has 0 aromatic rings. The van der Waals surface area contributed by atoms with Gasteiger partial charge in [0.1, 0.15) is 0 Å². The van der Waals surface area contributed by atoms with Crippen LogP contribution < -0.4 is 0 Å². The topological polar surface area (TPSA) is 232 Å². The second kappa shape index (κ2) is 31.8. The maximum atomic E-state index is 9.10. The van der Waals surface area contributed by atoms with Gasteiger partial charge in [0.15, 0.2) is 0 Å². The molecule has 0 rings (SSSR count). The van der Waals surface area contributed by atoms with Crippen molar-refractivity contribution in [2.45, 2.75) is 0 Å². The Kier molecular flexibility index (Phi) is 173. The molecule has 10 heteroatoms. The number of aliphatic carboxylic acids is 2. The molecule has 0 amide bonds. The van der Waals surface area contributed by atoms with Crippen LogP contribution >= 0.6 is 0 Å². The van der Waals surface area contributed by atoms with Crippen LogP contribution in [0.4, 0.5) is 0 Å². The number of carboxylic acids is 2. The molecule has 12 N–H and O–H groups in total. The fourth-order valence-corrected chi connectivity index (χ4v) is 0. The van der Waals surface area contributed by atoms with E-state index in [0.29, 0.717) is 0 Å². The summed E-state index contributed by atoms with van der Waals surface area (Å²) < 4.78 is 0. The van der Waals surface area contributed by atoms with Crippen LogP contribution in [0.25, 0.3) is 0 Å². The third-order valence-corrected chi connectivity index (χ3v) is 0.183. The van der Waals surface area contributed by atoms with E-state index in [1.165, 1.54) is 0 Å². The number of carbonyl (C=O) groups is 2. The molecule has 0 heterocycles. The van der Waals surface area contributed by atoms with E-state index in [1.54, 1.807) is 0 Å². The molecule has 0 fully saturated rings. The van der Waals surface area contributed by atoms with E-state index in [4.69, 9.17) is 19.8 Å². The molecule has 0 spiro atoms. The van der Waals surface area contributed by atoms with Crippen molar-refractivity contribution < 1.29 is 64.3 Å². The Labute approximate surface area is 77.0 Å².